The molecule has 3 amide bonds. The Kier molecular flexibility index (Phi) is 8.80. The second-order valence-corrected chi connectivity index (χ2v) is 11.6. The van der Waals surface area contributed by atoms with Crippen molar-refractivity contribution < 1.29 is 33.4 Å². The van der Waals surface area contributed by atoms with Gasteiger partial charge in [-0.05, 0) is 62.9 Å². The summed E-state index contributed by atoms with van der Waals surface area (Å²) in [4.78, 5) is 55.1. The van der Waals surface area contributed by atoms with Crippen molar-refractivity contribution >= 4 is 23.9 Å². The summed E-state index contributed by atoms with van der Waals surface area (Å²) < 4.78 is 17.3. The Balaban J connectivity index is 1.33. The SMILES string of the molecule is CC(C)(C)OC(=O)N1CCc2cccc(OCCCC(=O)OCc3ccccc3)c2[C@H]1CN1C(=O)c2ccccc2C1=O. The molecule has 0 bridgehead atoms. The van der Waals surface area contributed by atoms with E-state index in [1.165, 1.54) is 4.90 Å². The highest BCUT2D eigenvalue weighted by molar-refractivity contribution is 6.21. The lowest BCUT2D eigenvalue weighted by Gasteiger charge is -2.40. The molecule has 0 spiro atoms. The van der Waals surface area contributed by atoms with E-state index in [0.717, 1.165) is 16.7 Å². The first-order valence-corrected chi connectivity index (χ1v) is 14.5. The predicted molar refractivity (Wildman–Crippen MR) is 159 cm³/mol. The van der Waals surface area contributed by atoms with Gasteiger partial charge < -0.3 is 14.2 Å². The highest BCUT2D eigenvalue weighted by atomic mass is 16.6. The zero-order valence-corrected chi connectivity index (χ0v) is 24.7. The van der Waals surface area contributed by atoms with Crippen molar-refractivity contribution in [2.75, 3.05) is 19.7 Å². The van der Waals surface area contributed by atoms with Gasteiger partial charge in [0, 0.05) is 18.5 Å². The fourth-order valence-corrected chi connectivity index (χ4v) is 5.38. The summed E-state index contributed by atoms with van der Waals surface area (Å²) in [5, 5.41) is 0. The summed E-state index contributed by atoms with van der Waals surface area (Å²) in [7, 11) is 0. The van der Waals surface area contributed by atoms with Gasteiger partial charge in [0.15, 0.2) is 0 Å². The van der Waals surface area contributed by atoms with Gasteiger partial charge in [-0.2, -0.15) is 0 Å². The van der Waals surface area contributed by atoms with Gasteiger partial charge in [-0.15, -0.1) is 0 Å². The second kappa shape index (κ2) is 12.7. The molecule has 3 aromatic rings. The van der Waals surface area contributed by atoms with Crippen LogP contribution in [0.5, 0.6) is 5.75 Å². The minimum absolute atomic E-state index is 0.0508. The van der Waals surface area contributed by atoms with Crippen LogP contribution < -0.4 is 4.74 Å². The molecule has 43 heavy (non-hydrogen) atoms. The fourth-order valence-electron chi connectivity index (χ4n) is 5.38. The monoisotopic (exact) mass is 584 g/mol. The van der Waals surface area contributed by atoms with Crippen LogP contribution in [0.3, 0.4) is 0 Å². The first-order valence-electron chi connectivity index (χ1n) is 14.5. The quantitative estimate of drug-likeness (QED) is 0.180. The number of benzene rings is 3. The standard InChI is InChI=1S/C34H36N2O7/c1-34(2,3)43-33(40)35-19-18-24-13-9-16-28(41-20-10-17-29(37)42-22-23-11-5-4-6-12-23)30(24)27(35)21-36-31(38)25-14-7-8-15-26(25)32(36)39/h4-9,11-16,27H,10,17-22H2,1-3H3/t27-/m1/s1. The number of rotatable bonds is 9. The Morgan fingerprint density at radius 1 is 0.884 bits per heavy atom. The van der Waals surface area contributed by atoms with Crippen LogP contribution in [0.1, 0.15) is 77.1 Å². The molecule has 2 heterocycles. The van der Waals surface area contributed by atoms with E-state index in [-0.39, 0.29) is 32.1 Å². The molecule has 0 saturated heterocycles. The van der Waals surface area contributed by atoms with Crippen molar-refractivity contribution in [1.82, 2.24) is 9.80 Å². The van der Waals surface area contributed by atoms with E-state index in [1.54, 1.807) is 56.0 Å². The molecule has 2 aliphatic rings. The molecule has 0 saturated carbocycles. The molecule has 0 unspecified atom stereocenters. The van der Waals surface area contributed by atoms with Gasteiger partial charge >= 0.3 is 12.1 Å². The average Bonchev–Trinajstić information content (AvgIpc) is 3.22. The molecule has 5 rings (SSSR count). The molecule has 0 aliphatic carbocycles. The van der Waals surface area contributed by atoms with E-state index < -0.39 is 29.6 Å². The van der Waals surface area contributed by atoms with Crippen molar-refractivity contribution in [3.63, 3.8) is 0 Å². The van der Waals surface area contributed by atoms with Gasteiger partial charge in [-0.25, -0.2) is 4.79 Å². The van der Waals surface area contributed by atoms with Crippen molar-refractivity contribution in [2.24, 2.45) is 0 Å². The molecule has 9 heteroatoms. The molecule has 224 valence electrons. The van der Waals surface area contributed by atoms with Crippen molar-refractivity contribution in [2.45, 2.75) is 58.3 Å². The minimum Gasteiger partial charge on any atom is -0.493 e. The zero-order chi connectivity index (χ0) is 30.6. The number of fused-ring (bicyclic) bond motifs is 2. The molecule has 1 atom stereocenters. The lowest BCUT2D eigenvalue weighted by atomic mass is 9.91. The smallest absolute Gasteiger partial charge is 0.410 e. The van der Waals surface area contributed by atoms with E-state index in [0.29, 0.717) is 36.3 Å². The number of imide groups is 1. The molecule has 0 radical (unpaired) electrons. The summed E-state index contributed by atoms with van der Waals surface area (Å²) in [6.45, 7) is 6.14. The molecule has 0 N–H and O–H groups in total. The second-order valence-electron chi connectivity index (χ2n) is 11.6. The Morgan fingerprint density at radius 2 is 1.56 bits per heavy atom. The van der Waals surface area contributed by atoms with Gasteiger partial charge in [0.1, 0.15) is 18.0 Å². The molecule has 0 aromatic heterocycles. The fraction of sp³-hybridized carbons (Fsp3) is 0.353. The Bertz CT molecular complexity index is 1480. The number of hydrogen-bond acceptors (Lipinski definition) is 7. The van der Waals surface area contributed by atoms with Gasteiger partial charge in [0.25, 0.3) is 11.8 Å². The maximum absolute atomic E-state index is 13.4. The first-order chi connectivity index (χ1) is 20.6. The third kappa shape index (κ3) is 6.88. The minimum atomic E-state index is -0.734. The number of hydrogen-bond donors (Lipinski definition) is 0. The van der Waals surface area contributed by atoms with Crippen LogP contribution in [0.4, 0.5) is 4.79 Å². The van der Waals surface area contributed by atoms with E-state index in [1.807, 2.05) is 42.5 Å². The molecule has 0 fully saturated rings. The van der Waals surface area contributed by atoms with Crippen LogP contribution in [0, 0.1) is 0 Å². The highest BCUT2D eigenvalue weighted by Crippen LogP contribution is 2.39. The summed E-state index contributed by atoms with van der Waals surface area (Å²) in [6, 6.07) is 21.2. The topological polar surface area (TPSA) is 102 Å². The van der Waals surface area contributed by atoms with Gasteiger partial charge in [-0.1, -0.05) is 54.6 Å². The lowest BCUT2D eigenvalue weighted by Crippen LogP contribution is -2.48. The van der Waals surface area contributed by atoms with Crippen LogP contribution in [0.15, 0.2) is 72.8 Å². The molecular formula is C34H36N2O7. The zero-order valence-electron chi connectivity index (χ0n) is 24.7. The average molecular weight is 585 g/mol. The molecule has 9 nitrogen and oxygen atoms in total. The Hall–Kier alpha value is -4.66. The van der Waals surface area contributed by atoms with Crippen molar-refractivity contribution in [1.29, 1.82) is 0 Å². The summed E-state index contributed by atoms with van der Waals surface area (Å²) in [5.41, 5.74) is 2.56. The van der Waals surface area contributed by atoms with Gasteiger partial charge in [0.05, 0.1) is 30.3 Å². The van der Waals surface area contributed by atoms with Gasteiger partial charge in [0.2, 0.25) is 0 Å². The van der Waals surface area contributed by atoms with E-state index in [4.69, 9.17) is 14.2 Å². The summed E-state index contributed by atoms with van der Waals surface area (Å²) in [6.07, 6.45) is 0.632. The van der Waals surface area contributed by atoms with Gasteiger partial charge in [-0.3, -0.25) is 24.2 Å². The van der Waals surface area contributed by atoms with Crippen LogP contribution in [-0.2, 0) is 27.3 Å². The summed E-state index contributed by atoms with van der Waals surface area (Å²) in [5.74, 6) is -0.583. The maximum Gasteiger partial charge on any atom is 0.410 e. The normalized spacial score (nSPS) is 16.0. The third-order valence-corrected chi connectivity index (χ3v) is 7.38. The number of nitrogens with zero attached hydrogens (tertiary/aromatic N) is 2. The highest BCUT2D eigenvalue weighted by Gasteiger charge is 2.42. The summed E-state index contributed by atoms with van der Waals surface area (Å²) >= 11 is 0. The predicted octanol–water partition coefficient (Wildman–Crippen LogP) is 5.72. The number of carbonyl (C=O) groups is 4. The first kappa shape index (κ1) is 29.8. The van der Waals surface area contributed by atoms with E-state index in [9.17, 15) is 19.2 Å². The number of ether oxygens (including phenoxy) is 3. The maximum atomic E-state index is 13.4. The van der Waals surface area contributed by atoms with E-state index >= 15 is 0 Å². The lowest BCUT2D eigenvalue weighted by molar-refractivity contribution is -0.145. The molecule has 2 aliphatic heterocycles. The number of carbonyl (C=O) groups excluding carboxylic acids is 4. The molecule has 3 aromatic carbocycles. The van der Waals surface area contributed by atoms with E-state index in [2.05, 4.69) is 0 Å². The van der Waals surface area contributed by atoms with Crippen LogP contribution >= 0.6 is 0 Å². The van der Waals surface area contributed by atoms with Crippen LogP contribution in [0.2, 0.25) is 0 Å². The Morgan fingerprint density at radius 3 is 2.23 bits per heavy atom. The van der Waals surface area contributed by atoms with Crippen LogP contribution in [-0.4, -0.2) is 59.0 Å². The van der Waals surface area contributed by atoms with Crippen molar-refractivity contribution in [3.8, 4) is 5.75 Å². The van der Waals surface area contributed by atoms with Crippen molar-refractivity contribution in [3.05, 3.63) is 101 Å². The third-order valence-electron chi connectivity index (χ3n) is 7.38. The molecular weight excluding hydrogens is 548 g/mol. The Labute approximate surface area is 251 Å². The van der Waals surface area contributed by atoms with Crippen LogP contribution in [0.25, 0.3) is 0 Å². The number of amides is 3. The largest absolute Gasteiger partial charge is 0.493 e. The number of esters is 1.